The molecule has 0 aliphatic carbocycles. The number of rotatable bonds is 0. The summed E-state index contributed by atoms with van der Waals surface area (Å²) in [6.07, 6.45) is 0. The first-order valence-corrected chi connectivity index (χ1v) is 0. The van der Waals surface area contributed by atoms with Gasteiger partial charge >= 0.3 is 19.8 Å². The molecule has 33 valence electrons. The van der Waals surface area contributed by atoms with Crippen LogP contribution in [0.4, 0.5) is 0 Å². The maximum absolute atomic E-state index is 0. The van der Waals surface area contributed by atoms with Crippen LogP contribution in [-0.4, -0.2) is 37.2 Å². The van der Waals surface area contributed by atoms with Crippen molar-refractivity contribution in [2.75, 3.05) is 0 Å². The molecular weight excluding hydrogens is 311 g/mol. The first kappa shape index (κ1) is 30.8. The maximum Gasteiger partial charge on any atom is 0 e. The Morgan fingerprint density at radius 2 is 1.00 bits per heavy atom. The number of hydrogen-bond acceptors (Lipinski definition) is 0. The third-order valence-electron chi connectivity index (χ3n) is 0. The molecule has 0 unspecified atom stereocenters. The van der Waals surface area contributed by atoms with Gasteiger partial charge in [-0.05, 0) is 0 Å². The van der Waals surface area contributed by atoms with Crippen LogP contribution in [0.2, 0.25) is 0 Å². The smallest absolute Gasteiger partial charge is 0 e. The summed E-state index contributed by atoms with van der Waals surface area (Å²) >= 11 is 0. The summed E-state index contributed by atoms with van der Waals surface area (Å²) in [5.74, 6) is 0. The second kappa shape index (κ2) is 17.6. The normalized spacial score (nSPS) is 0. The van der Waals surface area contributed by atoms with Crippen LogP contribution >= 0.6 is 0 Å². The molecule has 1 radical (unpaired) electrons. The molecule has 0 heterocycles. The van der Waals surface area contributed by atoms with E-state index < -0.39 is 0 Å². The van der Waals surface area contributed by atoms with Gasteiger partial charge < -0.3 is 0 Å². The first-order valence-electron chi connectivity index (χ1n) is 0. The molecule has 0 saturated heterocycles. The second-order valence-corrected chi connectivity index (χ2v) is 0. The van der Waals surface area contributed by atoms with Crippen molar-refractivity contribution in [1.82, 2.24) is 0 Å². The topological polar surface area (TPSA) is 0 Å². The Hall–Kier alpha value is 2.57. The van der Waals surface area contributed by atoms with E-state index in [1.54, 1.807) is 0 Å². The van der Waals surface area contributed by atoms with Crippen LogP contribution < -0.4 is 0 Å². The van der Waals surface area contributed by atoms with Crippen molar-refractivity contribution < 1.29 is 42.8 Å². The van der Waals surface area contributed by atoms with E-state index in [4.69, 9.17) is 0 Å². The molecule has 0 spiro atoms. The Balaban J connectivity index is 0. The average Bonchev–Trinajstić information content (AvgIpc) is 0. The van der Waals surface area contributed by atoms with Crippen molar-refractivity contribution in [3.63, 3.8) is 0 Å². The molecule has 0 rings (SSSR count). The van der Waals surface area contributed by atoms with Crippen LogP contribution in [0.3, 0.4) is 0 Å². The second-order valence-electron chi connectivity index (χ2n) is 0. The predicted octanol–water partition coefficient (Wildman–Crippen LogP) is -2.37. The molecule has 0 amide bonds. The van der Waals surface area contributed by atoms with Crippen LogP contribution in [0.1, 0.15) is 0 Å². The Labute approximate surface area is 78.8 Å². The summed E-state index contributed by atoms with van der Waals surface area (Å²) in [4.78, 5) is 0. The Morgan fingerprint density at radius 3 is 1.00 bits per heavy atom. The molecule has 0 aromatic heterocycles. The van der Waals surface area contributed by atoms with E-state index >= 15 is 0 Å². The van der Waals surface area contributed by atoms with Gasteiger partial charge in [-0.2, -0.15) is 0 Å². The summed E-state index contributed by atoms with van der Waals surface area (Å²) in [5, 5.41) is 0. The van der Waals surface area contributed by atoms with Crippen LogP contribution in [0.5, 0.6) is 0 Å². The molecule has 0 aliphatic rings. The molecule has 0 nitrogen and oxygen atoms in total. The third-order valence-corrected chi connectivity index (χ3v) is 0. The zero-order chi connectivity index (χ0) is 0. The molecule has 0 saturated carbocycles. The van der Waals surface area contributed by atoms with E-state index in [2.05, 4.69) is 0 Å². The van der Waals surface area contributed by atoms with Gasteiger partial charge in [-0.3, -0.25) is 0 Å². The molecule has 0 aromatic carbocycles. The fourth-order valence-electron chi connectivity index (χ4n) is 0. The quantitative estimate of drug-likeness (QED) is 0.438. The van der Waals surface area contributed by atoms with Crippen LogP contribution in [0, 0.1) is 0 Å². The van der Waals surface area contributed by atoms with E-state index in [0.29, 0.717) is 0 Å². The van der Waals surface area contributed by atoms with E-state index in [1.165, 1.54) is 0 Å². The van der Waals surface area contributed by atoms with Crippen molar-refractivity contribution in [1.29, 1.82) is 0 Å². The minimum Gasteiger partial charge on any atom is 0 e. The van der Waals surface area contributed by atoms with Crippen molar-refractivity contribution in [3.05, 3.63) is 0 Å². The van der Waals surface area contributed by atoms with Crippen molar-refractivity contribution in [2.45, 2.75) is 0 Å². The Bertz CT molecular complexity index is 8.00. The van der Waals surface area contributed by atoms with E-state index in [1.807, 2.05) is 0 Å². The van der Waals surface area contributed by atoms with Gasteiger partial charge in [-0.15, -0.1) is 0 Å². The molecule has 0 bridgehead atoms. The fraction of sp³-hybridized carbons (Fsp3) is 0. The van der Waals surface area contributed by atoms with Crippen molar-refractivity contribution in [2.24, 2.45) is 0 Å². The number of hydrogen-bond donors (Lipinski definition) is 0. The van der Waals surface area contributed by atoms with Crippen LogP contribution in [0.15, 0.2) is 0 Å². The van der Waals surface area contributed by atoms with Gasteiger partial charge in [-0.1, -0.05) is 0 Å². The molecule has 0 atom stereocenters. The molecular formula is H6AgAlGaPd. The van der Waals surface area contributed by atoms with Gasteiger partial charge in [0.25, 0.3) is 0 Å². The molecule has 4 heteroatoms. The van der Waals surface area contributed by atoms with E-state index in [0.717, 1.165) is 0 Å². The molecule has 0 aliphatic heterocycles. The van der Waals surface area contributed by atoms with Crippen molar-refractivity contribution >= 4 is 37.2 Å². The average molecular weight is 317 g/mol. The van der Waals surface area contributed by atoms with Crippen LogP contribution in [-0.2, 0) is 42.8 Å². The van der Waals surface area contributed by atoms with Gasteiger partial charge in [0.15, 0.2) is 17.4 Å². The first-order chi connectivity index (χ1) is 0. The van der Waals surface area contributed by atoms with Gasteiger partial charge in [0.05, 0.1) is 0 Å². The third kappa shape index (κ3) is 8.82. The molecule has 0 fully saturated rings. The summed E-state index contributed by atoms with van der Waals surface area (Å²) in [6, 6.07) is 0. The summed E-state index contributed by atoms with van der Waals surface area (Å²) < 4.78 is 0. The van der Waals surface area contributed by atoms with Gasteiger partial charge in [0.2, 0.25) is 0 Å². The van der Waals surface area contributed by atoms with E-state index in [9.17, 15) is 0 Å². The van der Waals surface area contributed by atoms with E-state index in [-0.39, 0.29) is 80.0 Å². The van der Waals surface area contributed by atoms with Gasteiger partial charge in [0, 0.05) is 42.8 Å². The molecule has 4 heavy (non-hydrogen) atoms. The summed E-state index contributed by atoms with van der Waals surface area (Å²) in [7, 11) is 0. The standard InChI is InChI=1S/Ag.Al.Ga.Pd.6H. The Kier molecular flexibility index (Phi) is 136. The SMILES string of the molecule is [Ag].[AlH3].[GaH3].[Pd]. The minimum absolute atomic E-state index is 0. The summed E-state index contributed by atoms with van der Waals surface area (Å²) in [6.45, 7) is 0. The zero-order valence-electron chi connectivity index (χ0n) is 0.618. The monoisotopic (exact) mass is 315 g/mol. The molecule has 0 N–H and O–H groups in total. The summed E-state index contributed by atoms with van der Waals surface area (Å²) in [5.41, 5.74) is 0. The van der Waals surface area contributed by atoms with Gasteiger partial charge in [0.1, 0.15) is 0 Å². The fourth-order valence-corrected chi connectivity index (χ4v) is 0. The van der Waals surface area contributed by atoms with Crippen LogP contribution in [0.25, 0.3) is 0 Å². The maximum atomic E-state index is 0. The molecule has 0 aromatic rings. The zero-order valence-corrected chi connectivity index (χ0v) is 3.65. The van der Waals surface area contributed by atoms with Crippen molar-refractivity contribution in [3.8, 4) is 0 Å². The largest absolute Gasteiger partial charge is 0 e. The van der Waals surface area contributed by atoms with Gasteiger partial charge in [-0.25, -0.2) is 0 Å². The predicted molar refractivity (Wildman–Crippen MR) is 19.9 cm³/mol. The Morgan fingerprint density at radius 1 is 1.00 bits per heavy atom. The minimum atomic E-state index is 0.